The van der Waals surface area contributed by atoms with Crippen LogP contribution in [0.4, 0.5) is 0 Å². The van der Waals surface area contributed by atoms with Crippen LogP contribution in [0.1, 0.15) is 25.6 Å². The molecule has 0 atom stereocenters. The average Bonchev–Trinajstić information content (AvgIpc) is 2.96. The molecule has 0 aliphatic heterocycles. The van der Waals surface area contributed by atoms with E-state index in [-0.39, 0.29) is 5.54 Å². The number of halogens is 1. The van der Waals surface area contributed by atoms with E-state index in [1.54, 1.807) is 7.11 Å². The summed E-state index contributed by atoms with van der Waals surface area (Å²) in [4.78, 5) is 9.01. The Morgan fingerprint density at radius 3 is 2.76 bits per heavy atom. The van der Waals surface area contributed by atoms with Gasteiger partial charge in [0.25, 0.3) is 0 Å². The van der Waals surface area contributed by atoms with E-state index in [1.807, 2.05) is 12.1 Å². The summed E-state index contributed by atoms with van der Waals surface area (Å²) in [7, 11) is 1.62. The zero-order valence-corrected chi connectivity index (χ0v) is 10.7. The van der Waals surface area contributed by atoms with Gasteiger partial charge in [0, 0.05) is 11.6 Å². The van der Waals surface area contributed by atoms with Crippen LogP contribution in [0.25, 0.3) is 11.2 Å². The van der Waals surface area contributed by atoms with Crippen molar-refractivity contribution in [2.45, 2.75) is 31.2 Å². The molecular weight excluding hydrogens is 238 g/mol. The van der Waals surface area contributed by atoms with Gasteiger partial charge in [0.1, 0.15) is 11.3 Å². The zero-order valence-electron chi connectivity index (χ0n) is 9.90. The molecular formula is C12H14ClN3O. The van der Waals surface area contributed by atoms with Crippen LogP contribution in [-0.4, -0.2) is 21.6 Å². The molecule has 17 heavy (non-hydrogen) atoms. The molecule has 1 aliphatic carbocycles. The molecule has 2 aromatic heterocycles. The van der Waals surface area contributed by atoms with Crippen molar-refractivity contribution in [2.75, 3.05) is 7.11 Å². The molecule has 0 bridgehead atoms. The first-order valence-corrected chi connectivity index (χ1v) is 6.20. The van der Waals surface area contributed by atoms with E-state index in [0.717, 1.165) is 29.8 Å². The maximum Gasteiger partial charge on any atom is 0.215 e. The molecule has 0 aromatic carbocycles. The third-order valence-corrected chi connectivity index (χ3v) is 3.63. The number of ether oxygens (including phenoxy) is 1. The van der Waals surface area contributed by atoms with Gasteiger partial charge < -0.3 is 9.30 Å². The van der Waals surface area contributed by atoms with Crippen LogP contribution in [0, 0.1) is 0 Å². The predicted molar refractivity (Wildman–Crippen MR) is 66.5 cm³/mol. The third kappa shape index (κ3) is 1.59. The van der Waals surface area contributed by atoms with Crippen LogP contribution < -0.4 is 4.74 Å². The maximum absolute atomic E-state index is 5.97. The van der Waals surface area contributed by atoms with Crippen molar-refractivity contribution < 1.29 is 4.74 Å². The van der Waals surface area contributed by atoms with Crippen molar-refractivity contribution >= 4 is 22.8 Å². The van der Waals surface area contributed by atoms with Crippen molar-refractivity contribution in [3.8, 4) is 5.88 Å². The average molecular weight is 252 g/mol. The van der Waals surface area contributed by atoms with Crippen LogP contribution in [0.5, 0.6) is 5.88 Å². The predicted octanol–water partition coefficient (Wildman–Crippen LogP) is 2.69. The Hall–Kier alpha value is -1.29. The lowest BCUT2D eigenvalue weighted by molar-refractivity contribution is 0.398. The molecule has 1 aliphatic rings. The van der Waals surface area contributed by atoms with Gasteiger partial charge in [-0.3, -0.25) is 0 Å². The third-order valence-electron chi connectivity index (χ3n) is 3.39. The molecule has 5 heteroatoms. The highest BCUT2D eigenvalue weighted by Gasteiger charge is 2.42. The second-order valence-corrected chi connectivity index (χ2v) is 4.96. The van der Waals surface area contributed by atoms with E-state index < -0.39 is 0 Å². The number of alkyl halides is 1. The Balaban J connectivity index is 2.28. The van der Waals surface area contributed by atoms with Gasteiger partial charge in [0.05, 0.1) is 13.0 Å². The van der Waals surface area contributed by atoms with Gasteiger partial charge in [-0.25, -0.2) is 4.98 Å². The highest BCUT2D eigenvalue weighted by atomic mass is 35.5. The van der Waals surface area contributed by atoms with Crippen LogP contribution in [0.3, 0.4) is 0 Å². The van der Waals surface area contributed by atoms with E-state index in [4.69, 9.17) is 16.3 Å². The Morgan fingerprint density at radius 1 is 1.41 bits per heavy atom. The van der Waals surface area contributed by atoms with E-state index in [2.05, 4.69) is 21.5 Å². The topological polar surface area (TPSA) is 39.9 Å². The molecule has 0 unspecified atom stereocenters. The van der Waals surface area contributed by atoms with Crippen molar-refractivity contribution in [2.24, 2.45) is 0 Å². The lowest BCUT2D eigenvalue weighted by Crippen LogP contribution is -2.15. The summed E-state index contributed by atoms with van der Waals surface area (Å²) in [5.74, 6) is 1.92. The number of hydrogen-bond acceptors (Lipinski definition) is 3. The number of pyridine rings is 1. The Bertz CT molecular complexity index is 574. The number of methoxy groups -OCH3 is 1. The normalized spacial score (nSPS) is 17.4. The lowest BCUT2D eigenvalue weighted by Gasteiger charge is -2.14. The summed E-state index contributed by atoms with van der Waals surface area (Å²) >= 11 is 5.97. The highest BCUT2D eigenvalue weighted by molar-refractivity contribution is 6.16. The summed E-state index contributed by atoms with van der Waals surface area (Å²) in [6.07, 6.45) is 2.31. The highest BCUT2D eigenvalue weighted by Crippen LogP contribution is 2.45. The number of aromatic nitrogens is 3. The molecule has 1 fully saturated rings. The maximum atomic E-state index is 5.97. The lowest BCUT2D eigenvalue weighted by atomic mass is 10.3. The van der Waals surface area contributed by atoms with Gasteiger partial charge >= 0.3 is 0 Å². The fraction of sp³-hybridized carbons (Fsp3) is 0.500. The molecule has 3 rings (SSSR count). The molecule has 0 N–H and O–H groups in total. The van der Waals surface area contributed by atoms with Crippen LogP contribution in [-0.2, 0) is 11.4 Å². The number of imidazole rings is 1. The van der Waals surface area contributed by atoms with Gasteiger partial charge in [-0.15, -0.1) is 11.6 Å². The van der Waals surface area contributed by atoms with E-state index in [1.165, 1.54) is 0 Å². The largest absolute Gasteiger partial charge is 0.481 e. The quantitative estimate of drug-likeness (QED) is 0.788. The Labute approximate surface area is 105 Å². The van der Waals surface area contributed by atoms with Crippen LogP contribution in [0.15, 0.2) is 12.1 Å². The summed E-state index contributed by atoms with van der Waals surface area (Å²) < 4.78 is 7.33. The van der Waals surface area contributed by atoms with Gasteiger partial charge in [-0.05, 0) is 25.8 Å². The van der Waals surface area contributed by atoms with Gasteiger partial charge in [0.15, 0.2) is 5.65 Å². The monoisotopic (exact) mass is 251 g/mol. The first-order valence-electron chi connectivity index (χ1n) is 5.67. The Kier molecular flexibility index (Phi) is 2.30. The van der Waals surface area contributed by atoms with E-state index >= 15 is 0 Å². The number of fused-ring (bicyclic) bond motifs is 1. The second kappa shape index (κ2) is 3.60. The Morgan fingerprint density at radius 2 is 2.18 bits per heavy atom. The smallest absolute Gasteiger partial charge is 0.215 e. The summed E-state index contributed by atoms with van der Waals surface area (Å²) in [5, 5.41) is 0. The fourth-order valence-corrected chi connectivity index (χ4v) is 2.34. The summed E-state index contributed by atoms with van der Waals surface area (Å²) in [5.41, 5.74) is 1.90. The summed E-state index contributed by atoms with van der Waals surface area (Å²) in [6, 6.07) is 3.76. The minimum Gasteiger partial charge on any atom is -0.481 e. The van der Waals surface area contributed by atoms with Crippen LogP contribution in [0.2, 0.25) is 0 Å². The van der Waals surface area contributed by atoms with E-state index in [9.17, 15) is 0 Å². The summed E-state index contributed by atoms with van der Waals surface area (Å²) in [6.45, 7) is 2.21. The standard InChI is InChI=1S/C12H14ClN3O/c1-12(5-6-12)16-9(7-13)14-8-3-4-10(17-2)15-11(8)16/h3-4H,5-7H2,1-2H3. The van der Waals surface area contributed by atoms with Crippen molar-refractivity contribution in [3.05, 3.63) is 18.0 Å². The van der Waals surface area contributed by atoms with E-state index in [0.29, 0.717) is 11.8 Å². The van der Waals surface area contributed by atoms with Gasteiger partial charge in [-0.1, -0.05) is 0 Å². The van der Waals surface area contributed by atoms with Crippen molar-refractivity contribution in [1.82, 2.24) is 14.5 Å². The number of hydrogen-bond donors (Lipinski definition) is 0. The molecule has 0 amide bonds. The second-order valence-electron chi connectivity index (χ2n) is 4.69. The van der Waals surface area contributed by atoms with Crippen molar-refractivity contribution in [3.63, 3.8) is 0 Å². The molecule has 2 aromatic rings. The molecule has 0 radical (unpaired) electrons. The minimum absolute atomic E-state index is 0.137. The molecule has 2 heterocycles. The first-order chi connectivity index (χ1) is 8.18. The van der Waals surface area contributed by atoms with Crippen molar-refractivity contribution in [1.29, 1.82) is 0 Å². The molecule has 4 nitrogen and oxygen atoms in total. The van der Waals surface area contributed by atoms with Gasteiger partial charge in [-0.2, -0.15) is 4.98 Å². The SMILES string of the molecule is COc1ccc2nc(CCl)n(C3(C)CC3)c2n1. The minimum atomic E-state index is 0.137. The zero-order chi connectivity index (χ0) is 12.0. The molecule has 90 valence electrons. The first kappa shape index (κ1) is 10.8. The molecule has 0 saturated heterocycles. The fourth-order valence-electron chi connectivity index (χ4n) is 2.16. The molecule has 0 spiro atoms. The van der Waals surface area contributed by atoms with Crippen LogP contribution >= 0.6 is 11.6 Å². The number of rotatable bonds is 3. The molecule has 1 saturated carbocycles. The van der Waals surface area contributed by atoms with Gasteiger partial charge in [0.2, 0.25) is 5.88 Å². The number of nitrogens with zero attached hydrogens (tertiary/aromatic N) is 3.